The molecular weight excluding hydrogens is 141 g/mol. The molecule has 1 heterocycles. The van der Waals surface area contributed by atoms with Crippen molar-refractivity contribution in [3.05, 3.63) is 29.3 Å². The van der Waals surface area contributed by atoms with Crippen molar-refractivity contribution in [2.24, 2.45) is 0 Å². The van der Waals surface area contributed by atoms with Crippen molar-refractivity contribution in [2.75, 3.05) is 0 Å². The molecule has 0 bridgehead atoms. The molecule has 0 spiro atoms. The van der Waals surface area contributed by atoms with Crippen LogP contribution in [0.3, 0.4) is 0 Å². The molecule has 0 aliphatic heterocycles. The van der Waals surface area contributed by atoms with Crippen LogP contribution in [0.15, 0.2) is 12.3 Å². The standard InChI is InChI=1S/C9H12FN/c1-6(2)9-4-8(10)7(3)5-11-9/h4-6H,1-3H3. The maximum atomic E-state index is 12.9. The molecule has 2 heteroatoms. The summed E-state index contributed by atoms with van der Waals surface area (Å²) >= 11 is 0. The van der Waals surface area contributed by atoms with Crippen LogP contribution in [0.5, 0.6) is 0 Å². The van der Waals surface area contributed by atoms with Gasteiger partial charge < -0.3 is 0 Å². The van der Waals surface area contributed by atoms with Gasteiger partial charge >= 0.3 is 0 Å². The summed E-state index contributed by atoms with van der Waals surface area (Å²) in [6, 6.07) is 1.50. The molecule has 0 amide bonds. The molecule has 0 saturated heterocycles. The Labute approximate surface area is 66.3 Å². The molecule has 1 nitrogen and oxygen atoms in total. The van der Waals surface area contributed by atoms with E-state index in [0.29, 0.717) is 11.5 Å². The minimum absolute atomic E-state index is 0.163. The van der Waals surface area contributed by atoms with Crippen molar-refractivity contribution in [3.8, 4) is 0 Å². The smallest absolute Gasteiger partial charge is 0.129 e. The Morgan fingerprint density at radius 3 is 2.55 bits per heavy atom. The van der Waals surface area contributed by atoms with Crippen LogP contribution in [-0.4, -0.2) is 4.98 Å². The second kappa shape index (κ2) is 2.99. The summed E-state index contributed by atoms with van der Waals surface area (Å²) in [6.45, 7) is 5.71. The molecule has 1 aromatic rings. The van der Waals surface area contributed by atoms with E-state index in [4.69, 9.17) is 0 Å². The van der Waals surface area contributed by atoms with Crippen LogP contribution in [0, 0.1) is 12.7 Å². The zero-order chi connectivity index (χ0) is 8.43. The molecule has 0 fully saturated rings. The van der Waals surface area contributed by atoms with Crippen LogP contribution in [0.25, 0.3) is 0 Å². The Balaban J connectivity index is 3.05. The molecule has 0 N–H and O–H groups in total. The summed E-state index contributed by atoms with van der Waals surface area (Å²) in [4.78, 5) is 4.10. The predicted molar refractivity (Wildman–Crippen MR) is 43.0 cm³/mol. The number of hydrogen-bond acceptors (Lipinski definition) is 1. The monoisotopic (exact) mass is 153 g/mol. The zero-order valence-electron chi connectivity index (χ0n) is 7.06. The lowest BCUT2D eigenvalue weighted by Gasteiger charge is -2.04. The summed E-state index contributed by atoms with van der Waals surface area (Å²) in [6.07, 6.45) is 1.57. The molecule has 0 atom stereocenters. The fourth-order valence-corrected chi connectivity index (χ4v) is 0.830. The van der Waals surface area contributed by atoms with Crippen molar-refractivity contribution in [2.45, 2.75) is 26.7 Å². The lowest BCUT2D eigenvalue weighted by Crippen LogP contribution is -1.94. The highest BCUT2D eigenvalue weighted by molar-refractivity contribution is 5.16. The van der Waals surface area contributed by atoms with Gasteiger partial charge in [-0.3, -0.25) is 4.98 Å². The maximum absolute atomic E-state index is 12.9. The second-order valence-corrected chi connectivity index (χ2v) is 3.01. The van der Waals surface area contributed by atoms with Gasteiger partial charge in [0.2, 0.25) is 0 Å². The third-order valence-electron chi connectivity index (χ3n) is 1.65. The molecule has 1 rings (SSSR count). The quantitative estimate of drug-likeness (QED) is 0.604. The van der Waals surface area contributed by atoms with Gasteiger partial charge in [0, 0.05) is 17.5 Å². The molecule has 0 radical (unpaired) electrons. The average Bonchev–Trinajstić information content (AvgIpc) is 1.94. The Bertz CT molecular complexity index is 256. The Kier molecular flexibility index (Phi) is 2.22. The van der Waals surface area contributed by atoms with E-state index in [-0.39, 0.29) is 5.82 Å². The van der Waals surface area contributed by atoms with Crippen LogP contribution >= 0.6 is 0 Å². The van der Waals surface area contributed by atoms with Crippen molar-refractivity contribution in [3.63, 3.8) is 0 Å². The number of rotatable bonds is 1. The Morgan fingerprint density at radius 2 is 2.09 bits per heavy atom. The van der Waals surface area contributed by atoms with Crippen LogP contribution in [0.2, 0.25) is 0 Å². The highest BCUT2D eigenvalue weighted by Crippen LogP contribution is 2.13. The van der Waals surface area contributed by atoms with Crippen molar-refractivity contribution in [1.82, 2.24) is 4.98 Å². The van der Waals surface area contributed by atoms with E-state index in [1.807, 2.05) is 13.8 Å². The average molecular weight is 153 g/mol. The lowest BCUT2D eigenvalue weighted by atomic mass is 10.1. The third-order valence-corrected chi connectivity index (χ3v) is 1.65. The van der Waals surface area contributed by atoms with Crippen LogP contribution < -0.4 is 0 Å². The van der Waals surface area contributed by atoms with E-state index < -0.39 is 0 Å². The zero-order valence-corrected chi connectivity index (χ0v) is 7.06. The summed E-state index contributed by atoms with van der Waals surface area (Å²) in [5.74, 6) is 0.133. The fourth-order valence-electron chi connectivity index (χ4n) is 0.830. The molecule has 1 aromatic heterocycles. The number of halogens is 1. The molecule has 0 unspecified atom stereocenters. The first kappa shape index (κ1) is 8.18. The van der Waals surface area contributed by atoms with Gasteiger partial charge in [0.05, 0.1) is 0 Å². The molecule has 0 aliphatic carbocycles. The van der Waals surface area contributed by atoms with Crippen molar-refractivity contribution < 1.29 is 4.39 Å². The minimum Gasteiger partial charge on any atom is -0.261 e. The summed E-state index contributed by atoms with van der Waals surface area (Å²) in [7, 11) is 0. The van der Waals surface area contributed by atoms with Gasteiger partial charge in [-0.15, -0.1) is 0 Å². The summed E-state index contributed by atoms with van der Waals surface area (Å²) < 4.78 is 12.9. The maximum Gasteiger partial charge on any atom is 0.129 e. The second-order valence-electron chi connectivity index (χ2n) is 3.01. The molecule has 0 aliphatic rings. The number of pyridine rings is 1. The first-order chi connectivity index (χ1) is 5.11. The Hall–Kier alpha value is -0.920. The number of hydrogen-bond donors (Lipinski definition) is 0. The largest absolute Gasteiger partial charge is 0.261 e. The number of nitrogens with zero attached hydrogens (tertiary/aromatic N) is 1. The first-order valence-corrected chi connectivity index (χ1v) is 3.73. The SMILES string of the molecule is Cc1cnc(C(C)C)cc1F. The lowest BCUT2D eigenvalue weighted by molar-refractivity contribution is 0.608. The van der Waals surface area contributed by atoms with Gasteiger partial charge in [0.15, 0.2) is 0 Å². The highest BCUT2D eigenvalue weighted by atomic mass is 19.1. The van der Waals surface area contributed by atoms with Gasteiger partial charge in [-0.25, -0.2) is 4.39 Å². The van der Waals surface area contributed by atoms with E-state index in [1.54, 1.807) is 13.1 Å². The fraction of sp³-hybridized carbons (Fsp3) is 0.444. The normalized spacial score (nSPS) is 10.6. The van der Waals surface area contributed by atoms with Crippen LogP contribution in [-0.2, 0) is 0 Å². The summed E-state index contributed by atoms with van der Waals surface area (Å²) in [5.41, 5.74) is 1.42. The van der Waals surface area contributed by atoms with Gasteiger partial charge in [0.25, 0.3) is 0 Å². The minimum atomic E-state index is -0.163. The van der Waals surface area contributed by atoms with E-state index in [0.717, 1.165) is 5.69 Å². The Morgan fingerprint density at radius 1 is 1.45 bits per heavy atom. The van der Waals surface area contributed by atoms with Crippen LogP contribution in [0.4, 0.5) is 4.39 Å². The van der Waals surface area contributed by atoms with Gasteiger partial charge in [-0.2, -0.15) is 0 Å². The topological polar surface area (TPSA) is 12.9 Å². The van der Waals surface area contributed by atoms with Gasteiger partial charge in [-0.1, -0.05) is 13.8 Å². The van der Waals surface area contributed by atoms with Gasteiger partial charge in [-0.05, 0) is 18.9 Å². The first-order valence-electron chi connectivity index (χ1n) is 3.73. The van der Waals surface area contributed by atoms with E-state index in [2.05, 4.69) is 4.98 Å². The highest BCUT2D eigenvalue weighted by Gasteiger charge is 2.03. The number of aromatic nitrogens is 1. The predicted octanol–water partition coefficient (Wildman–Crippen LogP) is 2.65. The number of aryl methyl sites for hydroxylation is 1. The van der Waals surface area contributed by atoms with Gasteiger partial charge in [0.1, 0.15) is 5.82 Å². The summed E-state index contributed by atoms with van der Waals surface area (Å²) in [5, 5.41) is 0. The molecular formula is C9H12FN. The third kappa shape index (κ3) is 1.76. The molecule has 0 aromatic carbocycles. The molecule has 60 valence electrons. The molecule has 0 saturated carbocycles. The van der Waals surface area contributed by atoms with E-state index in [9.17, 15) is 4.39 Å². The van der Waals surface area contributed by atoms with Crippen molar-refractivity contribution in [1.29, 1.82) is 0 Å². The van der Waals surface area contributed by atoms with Crippen LogP contribution in [0.1, 0.15) is 31.0 Å². The molecule has 11 heavy (non-hydrogen) atoms. The van der Waals surface area contributed by atoms with E-state index in [1.165, 1.54) is 6.07 Å². The van der Waals surface area contributed by atoms with Crippen molar-refractivity contribution >= 4 is 0 Å². The van der Waals surface area contributed by atoms with E-state index >= 15 is 0 Å².